The fourth-order valence-electron chi connectivity index (χ4n) is 3.08. The van der Waals surface area contributed by atoms with Gasteiger partial charge >= 0.3 is 5.97 Å². The second-order valence-corrected chi connectivity index (χ2v) is 6.90. The zero-order valence-electron chi connectivity index (χ0n) is 16.3. The van der Waals surface area contributed by atoms with Crippen LogP contribution in [0.15, 0.2) is 65.7 Å². The van der Waals surface area contributed by atoms with E-state index in [2.05, 4.69) is 10.1 Å². The lowest BCUT2D eigenvalue weighted by Gasteiger charge is -2.10. The fraction of sp³-hybridized carbons (Fsp3) is 0.136. The number of halogens is 1. The second kappa shape index (κ2) is 8.42. The SMILES string of the molecule is COc1cccc(Cl)c1-c1noc(C)c1C(=O)OCc1ccc(-n2ccnc2)cc1. The summed E-state index contributed by atoms with van der Waals surface area (Å²) in [4.78, 5) is 16.9. The van der Waals surface area contributed by atoms with Crippen LogP contribution in [0, 0.1) is 6.92 Å². The monoisotopic (exact) mass is 423 g/mol. The number of carbonyl (C=O) groups is 1. The van der Waals surface area contributed by atoms with Crippen molar-refractivity contribution in [2.75, 3.05) is 7.11 Å². The van der Waals surface area contributed by atoms with Crippen LogP contribution in [0.3, 0.4) is 0 Å². The number of benzene rings is 2. The van der Waals surface area contributed by atoms with Gasteiger partial charge < -0.3 is 18.6 Å². The molecule has 0 bridgehead atoms. The Kier molecular flexibility index (Phi) is 5.54. The summed E-state index contributed by atoms with van der Waals surface area (Å²) in [6.07, 6.45) is 5.28. The number of aromatic nitrogens is 3. The van der Waals surface area contributed by atoms with Gasteiger partial charge in [0, 0.05) is 18.1 Å². The van der Waals surface area contributed by atoms with E-state index >= 15 is 0 Å². The Morgan fingerprint density at radius 2 is 2.00 bits per heavy atom. The van der Waals surface area contributed by atoms with Crippen LogP contribution in [0.5, 0.6) is 5.75 Å². The van der Waals surface area contributed by atoms with E-state index < -0.39 is 5.97 Å². The highest BCUT2D eigenvalue weighted by atomic mass is 35.5. The maximum absolute atomic E-state index is 12.8. The zero-order valence-corrected chi connectivity index (χ0v) is 17.1. The van der Waals surface area contributed by atoms with Crippen LogP contribution in [0.1, 0.15) is 21.7 Å². The topological polar surface area (TPSA) is 79.4 Å². The standard InChI is InChI=1S/C22H18ClN3O4/c1-14-19(21(25-30-14)20-17(23)4-3-5-18(20)28-2)22(27)29-12-15-6-8-16(9-7-15)26-11-10-24-13-26/h3-11,13H,12H2,1-2H3. The van der Waals surface area contributed by atoms with Crippen molar-refractivity contribution in [1.29, 1.82) is 0 Å². The molecule has 2 aromatic carbocycles. The lowest BCUT2D eigenvalue weighted by molar-refractivity contribution is 0.0471. The van der Waals surface area contributed by atoms with E-state index in [1.165, 1.54) is 7.11 Å². The molecule has 0 radical (unpaired) electrons. The van der Waals surface area contributed by atoms with E-state index in [4.69, 9.17) is 25.6 Å². The fourth-order valence-corrected chi connectivity index (χ4v) is 3.34. The normalized spacial score (nSPS) is 10.8. The summed E-state index contributed by atoms with van der Waals surface area (Å²) < 4.78 is 18.0. The number of imidazole rings is 1. The molecule has 0 saturated heterocycles. The number of carbonyl (C=O) groups excluding carboxylic acids is 1. The molecule has 0 fully saturated rings. The average Bonchev–Trinajstić information content (AvgIpc) is 3.42. The molecule has 30 heavy (non-hydrogen) atoms. The first kappa shape index (κ1) is 19.7. The van der Waals surface area contributed by atoms with Gasteiger partial charge in [0.2, 0.25) is 0 Å². The van der Waals surface area contributed by atoms with Crippen LogP contribution < -0.4 is 4.74 Å². The number of aryl methyl sites for hydroxylation is 1. The molecule has 2 aromatic heterocycles. The van der Waals surface area contributed by atoms with Gasteiger partial charge in [0.15, 0.2) is 0 Å². The molecule has 0 amide bonds. The van der Waals surface area contributed by atoms with Crippen molar-refractivity contribution >= 4 is 17.6 Å². The van der Waals surface area contributed by atoms with Crippen molar-refractivity contribution < 1.29 is 18.8 Å². The van der Waals surface area contributed by atoms with Crippen LogP contribution in [-0.2, 0) is 11.3 Å². The van der Waals surface area contributed by atoms with Crippen LogP contribution in [0.4, 0.5) is 0 Å². The minimum absolute atomic E-state index is 0.104. The summed E-state index contributed by atoms with van der Waals surface area (Å²) in [6, 6.07) is 12.8. The second-order valence-electron chi connectivity index (χ2n) is 6.49. The smallest absolute Gasteiger partial charge is 0.344 e. The highest BCUT2D eigenvalue weighted by Gasteiger charge is 2.26. The molecule has 0 spiro atoms. The zero-order chi connectivity index (χ0) is 21.1. The molecule has 0 aliphatic carbocycles. The summed E-state index contributed by atoms with van der Waals surface area (Å²) in [7, 11) is 1.52. The number of hydrogen-bond acceptors (Lipinski definition) is 6. The first-order chi connectivity index (χ1) is 14.6. The van der Waals surface area contributed by atoms with Crippen molar-refractivity contribution in [3.63, 3.8) is 0 Å². The van der Waals surface area contributed by atoms with Gasteiger partial charge in [-0.3, -0.25) is 0 Å². The number of rotatable bonds is 6. The van der Waals surface area contributed by atoms with Gasteiger partial charge in [0.05, 0.1) is 24.0 Å². The van der Waals surface area contributed by atoms with Gasteiger partial charge in [-0.2, -0.15) is 0 Å². The minimum Gasteiger partial charge on any atom is -0.496 e. The predicted octanol–water partition coefficient (Wildman–Crippen LogP) is 4.85. The number of ether oxygens (including phenoxy) is 2. The molecule has 2 heterocycles. The maximum Gasteiger partial charge on any atom is 0.344 e. The first-order valence-electron chi connectivity index (χ1n) is 9.12. The van der Waals surface area contributed by atoms with Crippen LogP contribution in [-0.4, -0.2) is 27.8 Å². The van der Waals surface area contributed by atoms with Gasteiger partial charge in [0.25, 0.3) is 0 Å². The molecular weight excluding hydrogens is 406 g/mol. The Labute approximate surface area is 177 Å². The summed E-state index contributed by atoms with van der Waals surface area (Å²) in [5.41, 5.74) is 2.80. The van der Waals surface area contributed by atoms with E-state index in [-0.39, 0.29) is 17.9 Å². The van der Waals surface area contributed by atoms with Crippen molar-refractivity contribution in [1.82, 2.24) is 14.7 Å². The van der Waals surface area contributed by atoms with Gasteiger partial charge in [-0.25, -0.2) is 9.78 Å². The number of methoxy groups -OCH3 is 1. The van der Waals surface area contributed by atoms with E-state index in [1.807, 2.05) is 35.0 Å². The molecule has 0 saturated carbocycles. The largest absolute Gasteiger partial charge is 0.496 e. The Morgan fingerprint density at radius 1 is 1.20 bits per heavy atom. The molecule has 0 N–H and O–H groups in total. The average molecular weight is 424 g/mol. The molecule has 0 aliphatic heterocycles. The number of hydrogen-bond donors (Lipinski definition) is 0. The third-order valence-electron chi connectivity index (χ3n) is 4.61. The van der Waals surface area contributed by atoms with Crippen molar-refractivity contribution in [3.8, 4) is 22.7 Å². The Morgan fingerprint density at radius 3 is 2.70 bits per heavy atom. The summed E-state index contributed by atoms with van der Waals surface area (Å²) in [6.45, 7) is 1.75. The maximum atomic E-state index is 12.8. The predicted molar refractivity (Wildman–Crippen MR) is 111 cm³/mol. The summed E-state index contributed by atoms with van der Waals surface area (Å²) >= 11 is 6.34. The van der Waals surface area contributed by atoms with Crippen molar-refractivity contribution in [3.05, 3.63) is 83.1 Å². The highest BCUT2D eigenvalue weighted by Crippen LogP contribution is 2.38. The lowest BCUT2D eigenvalue weighted by Crippen LogP contribution is -2.08. The first-order valence-corrected chi connectivity index (χ1v) is 9.50. The van der Waals surface area contributed by atoms with Crippen LogP contribution in [0.2, 0.25) is 5.02 Å². The van der Waals surface area contributed by atoms with Gasteiger partial charge in [-0.15, -0.1) is 0 Å². The Hall–Kier alpha value is -3.58. The third kappa shape index (κ3) is 3.79. The van der Waals surface area contributed by atoms with E-state index in [1.54, 1.807) is 37.6 Å². The molecule has 0 unspecified atom stereocenters. The molecule has 0 aliphatic rings. The van der Waals surface area contributed by atoms with Gasteiger partial charge in [-0.05, 0) is 36.8 Å². The number of esters is 1. The number of nitrogens with zero attached hydrogens (tertiary/aromatic N) is 3. The molecule has 4 rings (SSSR count). The summed E-state index contributed by atoms with van der Waals surface area (Å²) in [5.74, 6) is 0.275. The quantitative estimate of drug-likeness (QED) is 0.412. The molecule has 152 valence electrons. The highest BCUT2D eigenvalue weighted by molar-refractivity contribution is 6.33. The molecule has 8 heteroatoms. The Bertz CT molecular complexity index is 1170. The molecule has 7 nitrogen and oxygen atoms in total. The van der Waals surface area contributed by atoms with Crippen molar-refractivity contribution in [2.45, 2.75) is 13.5 Å². The molecular formula is C22H18ClN3O4. The van der Waals surface area contributed by atoms with E-state index in [0.29, 0.717) is 22.1 Å². The summed E-state index contributed by atoms with van der Waals surface area (Å²) in [5, 5.41) is 4.42. The van der Waals surface area contributed by atoms with Gasteiger partial charge in [-0.1, -0.05) is 35.0 Å². The van der Waals surface area contributed by atoms with E-state index in [9.17, 15) is 4.79 Å². The third-order valence-corrected chi connectivity index (χ3v) is 4.92. The van der Waals surface area contributed by atoms with Crippen LogP contribution >= 0.6 is 11.6 Å². The Balaban J connectivity index is 1.55. The van der Waals surface area contributed by atoms with Gasteiger partial charge in [0.1, 0.15) is 29.4 Å². The van der Waals surface area contributed by atoms with Crippen molar-refractivity contribution in [2.24, 2.45) is 0 Å². The minimum atomic E-state index is -0.551. The van der Waals surface area contributed by atoms with Crippen LogP contribution in [0.25, 0.3) is 16.9 Å². The lowest BCUT2D eigenvalue weighted by atomic mass is 10.1. The van der Waals surface area contributed by atoms with E-state index in [0.717, 1.165) is 11.3 Å². The molecule has 4 aromatic rings. The molecule has 0 atom stereocenters.